The summed E-state index contributed by atoms with van der Waals surface area (Å²) in [6.45, 7) is 1.90. The maximum absolute atomic E-state index is 12.9. The minimum atomic E-state index is -1.48. The van der Waals surface area contributed by atoms with Crippen molar-refractivity contribution in [1.29, 1.82) is 0 Å². The number of aryl methyl sites for hydroxylation is 1. The number of benzene rings is 2. The molecule has 1 atom stereocenters. The van der Waals surface area contributed by atoms with Gasteiger partial charge in [0.1, 0.15) is 11.0 Å². The predicted octanol–water partition coefficient (Wildman–Crippen LogP) is 4.92. The monoisotopic (exact) mass is 466 g/mol. The van der Waals surface area contributed by atoms with Gasteiger partial charge in [0.05, 0.1) is 28.4 Å². The first-order chi connectivity index (χ1) is 16.6. The molecule has 168 valence electrons. The van der Waals surface area contributed by atoms with Crippen molar-refractivity contribution in [2.45, 2.75) is 12.7 Å². The number of aromatic nitrogens is 4. The Morgan fingerprint density at radius 1 is 0.853 bits per heavy atom. The van der Waals surface area contributed by atoms with Crippen LogP contribution in [0.4, 0.5) is 11.6 Å². The summed E-state index contributed by atoms with van der Waals surface area (Å²) in [7, 11) is -1.48. The highest BCUT2D eigenvalue weighted by atomic mass is 32.2. The summed E-state index contributed by atoms with van der Waals surface area (Å²) < 4.78 is 15.8. The van der Waals surface area contributed by atoms with E-state index in [-0.39, 0.29) is 17.4 Å². The van der Waals surface area contributed by atoms with Gasteiger partial charge in [-0.1, -0.05) is 48.5 Å². The molecule has 0 amide bonds. The maximum atomic E-state index is 12.9. The number of pyridine rings is 2. The van der Waals surface area contributed by atoms with Crippen molar-refractivity contribution in [2.75, 3.05) is 10.5 Å². The molecular weight excluding hydrogens is 444 g/mol. The lowest BCUT2D eigenvalue weighted by atomic mass is 10.0. The molecule has 1 unspecified atom stereocenters. The molecule has 3 aromatic heterocycles. The number of nitrogen functional groups attached to an aromatic ring is 1. The normalized spacial score (nSPS) is 11.9. The van der Waals surface area contributed by atoms with Gasteiger partial charge in [-0.3, -0.25) is 14.7 Å². The van der Waals surface area contributed by atoms with E-state index in [2.05, 4.69) is 19.7 Å². The lowest BCUT2D eigenvalue weighted by Crippen LogP contribution is -2.13. The molecule has 3 N–H and O–H groups in total. The van der Waals surface area contributed by atoms with Crippen LogP contribution in [0.25, 0.3) is 33.4 Å². The third-order valence-electron chi connectivity index (χ3n) is 5.28. The largest absolute Gasteiger partial charge is 0.381 e. The lowest BCUT2D eigenvalue weighted by molar-refractivity contribution is 0.685. The molecule has 0 saturated carbocycles. The third kappa shape index (κ3) is 4.62. The molecule has 0 bridgehead atoms. The van der Waals surface area contributed by atoms with Gasteiger partial charge in [-0.05, 0) is 37.3 Å². The standard InChI is InChI=1S/C26H22N6OS/c1-17-7-5-11-21(29-17)16-34(33)32-26-25(27)30-23(18-8-3-2-4-9-18)24(31-26)20-12-13-22-19(15-20)10-6-14-28-22/h2-15H,16H2,1H3,(H2,27,30)(H,31,32). The second-order valence-corrected chi connectivity index (χ2v) is 8.98. The van der Waals surface area contributed by atoms with E-state index < -0.39 is 11.0 Å². The van der Waals surface area contributed by atoms with Crippen LogP contribution in [-0.4, -0.2) is 24.1 Å². The summed E-state index contributed by atoms with van der Waals surface area (Å²) in [4.78, 5) is 18.3. The fourth-order valence-corrected chi connectivity index (χ4v) is 4.57. The zero-order valence-electron chi connectivity index (χ0n) is 18.5. The maximum Gasteiger partial charge on any atom is 0.181 e. The van der Waals surface area contributed by atoms with Crippen molar-refractivity contribution in [1.82, 2.24) is 19.9 Å². The number of rotatable bonds is 6. The first-order valence-electron chi connectivity index (χ1n) is 10.7. The molecule has 0 saturated heterocycles. The van der Waals surface area contributed by atoms with Crippen molar-refractivity contribution in [3.63, 3.8) is 0 Å². The molecule has 7 nitrogen and oxygen atoms in total. The van der Waals surface area contributed by atoms with Crippen molar-refractivity contribution < 1.29 is 4.21 Å². The number of nitrogens with zero attached hydrogens (tertiary/aromatic N) is 4. The lowest BCUT2D eigenvalue weighted by Gasteiger charge is -2.14. The van der Waals surface area contributed by atoms with E-state index in [0.717, 1.165) is 33.4 Å². The Labute approximate surface area is 199 Å². The van der Waals surface area contributed by atoms with Crippen molar-refractivity contribution in [2.24, 2.45) is 0 Å². The topological polar surface area (TPSA) is 107 Å². The Kier molecular flexibility index (Phi) is 5.97. The molecule has 34 heavy (non-hydrogen) atoms. The van der Waals surface area contributed by atoms with Gasteiger partial charge in [-0.15, -0.1) is 0 Å². The Morgan fingerprint density at radius 3 is 2.50 bits per heavy atom. The van der Waals surface area contributed by atoms with E-state index in [4.69, 9.17) is 10.7 Å². The van der Waals surface area contributed by atoms with Gasteiger partial charge < -0.3 is 5.73 Å². The summed E-state index contributed by atoms with van der Waals surface area (Å²) in [5.74, 6) is 0.669. The summed E-state index contributed by atoms with van der Waals surface area (Å²) in [5, 5.41) is 0.987. The molecule has 0 aliphatic rings. The van der Waals surface area contributed by atoms with Crippen LogP contribution >= 0.6 is 0 Å². The highest BCUT2D eigenvalue weighted by molar-refractivity contribution is 7.85. The summed E-state index contributed by atoms with van der Waals surface area (Å²) in [6.07, 6.45) is 1.76. The smallest absolute Gasteiger partial charge is 0.181 e. The van der Waals surface area contributed by atoms with Crippen molar-refractivity contribution in [3.05, 3.63) is 96.4 Å². The molecule has 0 fully saturated rings. The highest BCUT2D eigenvalue weighted by Crippen LogP contribution is 2.33. The molecule has 2 aromatic carbocycles. The average Bonchev–Trinajstić information content (AvgIpc) is 2.85. The number of nitrogens with one attached hydrogen (secondary N) is 1. The van der Waals surface area contributed by atoms with E-state index >= 15 is 0 Å². The Bertz CT molecular complexity index is 1510. The molecule has 0 radical (unpaired) electrons. The van der Waals surface area contributed by atoms with E-state index in [0.29, 0.717) is 11.4 Å². The SMILES string of the molecule is Cc1cccc(CS(=O)Nc2nc(-c3ccc4ncccc4c3)c(-c3ccccc3)nc2N)n1. The van der Waals surface area contributed by atoms with E-state index in [9.17, 15) is 4.21 Å². The molecule has 5 aromatic rings. The Hall–Kier alpha value is -4.17. The molecule has 3 heterocycles. The van der Waals surface area contributed by atoms with Crippen LogP contribution in [0.1, 0.15) is 11.4 Å². The van der Waals surface area contributed by atoms with E-state index in [1.54, 1.807) is 6.20 Å². The van der Waals surface area contributed by atoms with Crippen LogP contribution in [-0.2, 0) is 16.7 Å². The third-order valence-corrected chi connectivity index (χ3v) is 6.26. The van der Waals surface area contributed by atoms with Gasteiger partial charge in [0.15, 0.2) is 11.6 Å². The van der Waals surface area contributed by atoms with Gasteiger partial charge in [-0.25, -0.2) is 14.2 Å². The Morgan fingerprint density at radius 2 is 1.68 bits per heavy atom. The molecule has 8 heteroatoms. The fourth-order valence-electron chi connectivity index (χ4n) is 3.70. The van der Waals surface area contributed by atoms with Gasteiger partial charge in [0, 0.05) is 28.4 Å². The van der Waals surface area contributed by atoms with Crippen molar-refractivity contribution in [3.8, 4) is 22.5 Å². The number of fused-ring (bicyclic) bond motifs is 1. The van der Waals surface area contributed by atoms with E-state index in [1.807, 2.05) is 85.8 Å². The fraction of sp³-hybridized carbons (Fsp3) is 0.0769. The van der Waals surface area contributed by atoms with Crippen LogP contribution in [0, 0.1) is 6.92 Å². The Balaban J connectivity index is 1.56. The zero-order chi connectivity index (χ0) is 23.5. The molecule has 0 aliphatic carbocycles. The molecule has 5 rings (SSSR count). The summed E-state index contributed by atoms with van der Waals surface area (Å²) >= 11 is 0. The second kappa shape index (κ2) is 9.36. The van der Waals surface area contributed by atoms with Crippen LogP contribution in [0.15, 0.2) is 85.1 Å². The first kappa shape index (κ1) is 21.7. The predicted molar refractivity (Wildman–Crippen MR) is 137 cm³/mol. The molecular formula is C26H22N6OS. The molecule has 0 aliphatic heterocycles. The van der Waals surface area contributed by atoms with Gasteiger partial charge in [0.25, 0.3) is 0 Å². The highest BCUT2D eigenvalue weighted by Gasteiger charge is 2.17. The van der Waals surface area contributed by atoms with Crippen LogP contribution in [0.5, 0.6) is 0 Å². The number of hydrogen-bond acceptors (Lipinski definition) is 6. The van der Waals surface area contributed by atoms with Gasteiger partial charge in [0.2, 0.25) is 0 Å². The number of nitrogens with two attached hydrogens (primary N) is 1. The van der Waals surface area contributed by atoms with Crippen molar-refractivity contribution >= 4 is 33.5 Å². The van der Waals surface area contributed by atoms with Crippen LogP contribution in [0.3, 0.4) is 0 Å². The van der Waals surface area contributed by atoms with E-state index in [1.165, 1.54) is 0 Å². The molecule has 0 spiro atoms. The van der Waals surface area contributed by atoms with Gasteiger partial charge >= 0.3 is 0 Å². The van der Waals surface area contributed by atoms with Crippen LogP contribution in [0.2, 0.25) is 0 Å². The summed E-state index contributed by atoms with van der Waals surface area (Å²) in [5.41, 5.74) is 11.8. The number of anilines is 2. The quantitative estimate of drug-likeness (QED) is 0.368. The minimum Gasteiger partial charge on any atom is -0.381 e. The average molecular weight is 467 g/mol. The zero-order valence-corrected chi connectivity index (χ0v) is 19.3. The van der Waals surface area contributed by atoms with Crippen LogP contribution < -0.4 is 10.5 Å². The minimum absolute atomic E-state index is 0.176. The second-order valence-electron chi connectivity index (χ2n) is 7.79. The van der Waals surface area contributed by atoms with Gasteiger partial charge in [-0.2, -0.15) is 0 Å². The first-order valence-corrected chi connectivity index (χ1v) is 12.0. The summed E-state index contributed by atoms with van der Waals surface area (Å²) in [6, 6.07) is 25.2. The number of hydrogen-bond donors (Lipinski definition) is 2.